The molecule has 0 saturated carbocycles. The molecule has 0 aliphatic heterocycles. The van der Waals surface area contributed by atoms with E-state index in [-0.39, 0.29) is 6.61 Å². The van der Waals surface area contributed by atoms with Gasteiger partial charge in [0, 0.05) is 0 Å². The van der Waals surface area contributed by atoms with Crippen molar-refractivity contribution in [1.29, 1.82) is 0 Å². The molecule has 6 nitrogen and oxygen atoms in total. The first-order chi connectivity index (χ1) is 10.7. The van der Waals surface area contributed by atoms with Gasteiger partial charge in [-0.2, -0.15) is 0 Å². The Morgan fingerprint density at radius 1 is 1.09 bits per heavy atom. The van der Waals surface area contributed by atoms with Crippen LogP contribution in [0.5, 0.6) is 0 Å². The van der Waals surface area contributed by atoms with Gasteiger partial charge in [-0.1, -0.05) is 30.3 Å². The van der Waals surface area contributed by atoms with Gasteiger partial charge in [0.2, 0.25) is 0 Å². The van der Waals surface area contributed by atoms with Crippen molar-refractivity contribution in [3.8, 4) is 0 Å². The molecule has 0 aliphatic carbocycles. The first-order valence-corrected chi connectivity index (χ1v) is 7.37. The molecular weight excluding hydrogens is 298 g/mol. The molecule has 1 atom stereocenters. The van der Waals surface area contributed by atoms with E-state index in [1.807, 2.05) is 30.3 Å². The molecule has 1 amide bonds. The van der Waals surface area contributed by atoms with Crippen LogP contribution in [0, 0.1) is 0 Å². The van der Waals surface area contributed by atoms with Crippen molar-refractivity contribution in [3.63, 3.8) is 0 Å². The van der Waals surface area contributed by atoms with Gasteiger partial charge in [0.05, 0.1) is 20.3 Å². The number of amides is 1. The molecule has 0 bridgehead atoms. The first kappa shape index (κ1) is 19.0. The first-order valence-electron chi connectivity index (χ1n) is 7.37. The Morgan fingerprint density at radius 3 is 2.22 bits per heavy atom. The molecule has 0 fully saturated rings. The number of hydrogen-bond acceptors (Lipinski definition) is 5. The highest BCUT2D eigenvalue weighted by atomic mass is 16.6. The summed E-state index contributed by atoms with van der Waals surface area (Å²) in [6.07, 6.45) is -0.700. The quantitative estimate of drug-likeness (QED) is 0.815. The third kappa shape index (κ3) is 6.69. The summed E-state index contributed by atoms with van der Waals surface area (Å²) in [7, 11) is 1.26. The summed E-state index contributed by atoms with van der Waals surface area (Å²) in [5.74, 6) is -0.601. The highest BCUT2D eigenvalue weighted by Crippen LogP contribution is 2.13. The summed E-state index contributed by atoms with van der Waals surface area (Å²) in [4.78, 5) is 23.9. The Kier molecular flexibility index (Phi) is 6.57. The van der Waals surface area contributed by atoms with Crippen molar-refractivity contribution in [2.24, 2.45) is 0 Å². The van der Waals surface area contributed by atoms with Gasteiger partial charge < -0.3 is 19.5 Å². The SMILES string of the molecule is COC(=O)[C@@](C)(COCc1ccccc1)NC(=O)OC(C)(C)C. The van der Waals surface area contributed by atoms with Crippen LogP contribution in [0.3, 0.4) is 0 Å². The number of rotatable bonds is 6. The lowest BCUT2D eigenvalue weighted by molar-refractivity contribution is -0.150. The standard InChI is InChI=1S/C17H25NO5/c1-16(2,3)23-15(20)18-17(4,14(19)21-5)12-22-11-13-9-7-6-8-10-13/h6-10H,11-12H2,1-5H3,(H,18,20)/t17-/m1/s1. The van der Waals surface area contributed by atoms with Crippen LogP contribution in [-0.2, 0) is 25.6 Å². The third-order valence-corrected chi connectivity index (χ3v) is 2.92. The summed E-state index contributed by atoms with van der Waals surface area (Å²) in [5, 5.41) is 2.53. The number of ether oxygens (including phenoxy) is 3. The van der Waals surface area contributed by atoms with Crippen molar-refractivity contribution in [2.45, 2.75) is 45.4 Å². The zero-order chi connectivity index (χ0) is 17.5. The molecule has 0 saturated heterocycles. The van der Waals surface area contributed by atoms with E-state index in [0.29, 0.717) is 6.61 Å². The van der Waals surface area contributed by atoms with E-state index in [0.717, 1.165) is 5.56 Å². The summed E-state index contributed by atoms with van der Waals surface area (Å²) in [6, 6.07) is 9.54. The van der Waals surface area contributed by atoms with Gasteiger partial charge in [-0.15, -0.1) is 0 Å². The normalized spacial score (nSPS) is 13.8. The third-order valence-electron chi connectivity index (χ3n) is 2.92. The predicted molar refractivity (Wildman–Crippen MR) is 85.9 cm³/mol. The monoisotopic (exact) mass is 323 g/mol. The van der Waals surface area contributed by atoms with Crippen molar-refractivity contribution in [3.05, 3.63) is 35.9 Å². The fraction of sp³-hybridized carbons (Fsp3) is 0.529. The van der Waals surface area contributed by atoms with Gasteiger partial charge in [-0.05, 0) is 33.3 Å². The van der Waals surface area contributed by atoms with Crippen LogP contribution in [0.15, 0.2) is 30.3 Å². The van der Waals surface area contributed by atoms with Gasteiger partial charge in [-0.3, -0.25) is 0 Å². The fourth-order valence-electron chi connectivity index (χ4n) is 1.85. The zero-order valence-electron chi connectivity index (χ0n) is 14.3. The summed E-state index contributed by atoms with van der Waals surface area (Å²) >= 11 is 0. The average Bonchev–Trinajstić information content (AvgIpc) is 2.45. The Hall–Kier alpha value is -2.08. The van der Waals surface area contributed by atoms with E-state index in [2.05, 4.69) is 5.32 Å². The van der Waals surface area contributed by atoms with Crippen LogP contribution in [-0.4, -0.2) is 36.9 Å². The number of alkyl carbamates (subject to hydrolysis) is 1. The average molecular weight is 323 g/mol. The van der Waals surface area contributed by atoms with Gasteiger partial charge in [0.25, 0.3) is 0 Å². The second-order valence-corrected chi connectivity index (χ2v) is 6.43. The van der Waals surface area contributed by atoms with E-state index in [1.165, 1.54) is 14.0 Å². The Morgan fingerprint density at radius 2 is 1.70 bits per heavy atom. The Balaban J connectivity index is 2.66. The molecule has 1 rings (SSSR count). The Bertz CT molecular complexity index is 524. The minimum atomic E-state index is -1.33. The number of hydrogen-bond donors (Lipinski definition) is 1. The fourth-order valence-corrected chi connectivity index (χ4v) is 1.85. The topological polar surface area (TPSA) is 73.9 Å². The molecule has 128 valence electrons. The minimum Gasteiger partial charge on any atom is -0.467 e. The highest BCUT2D eigenvalue weighted by molar-refractivity contribution is 5.85. The number of carbonyl (C=O) groups excluding carboxylic acids is 2. The summed E-state index contributed by atoms with van der Waals surface area (Å²) < 4.78 is 15.5. The van der Waals surface area contributed by atoms with Gasteiger partial charge in [-0.25, -0.2) is 9.59 Å². The van der Waals surface area contributed by atoms with Crippen LogP contribution < -0.4 is 5.32 Å². The van der Waals surface area contributed by atoms with E-state index < -0.39 is 23.2 Å². The second-order valence-electron chi connectivity index (χ2n) is 6.43. The molecule has 1 N–H and O–H groups in total. The van der Waals surface area contributed by atoms with Gasteiger partial charge in [0.1, 0.15) is 5.60 Å². The lowest BCUT2D eigenvalue weighted by Gasteiger charge is -2.29. The number of nitrogens with one attached hydrogen (secondary N) is 1. The molecule has 0 radical (unpaired) electrons. The van der Waals surface area contributed by atoms with Crippen molar-refractivity contribution in [1.82, 2.24) is 5.32 Å². The van der Waals surface area contributed by atoms with Crippen LogP contribution in [0.25, 0.3) is 0 Å². The van der Waals surface area contributed by atoms with Crippen molar-refractivity contribution < 1.29 is 23.8 Å². The Labute approximate surface area is 137 Å². The molecule has 1 aromatic rings. The van der Waals surface area contributed by atoms with Crippen LogP contribution in [0.4, 0.5) is 4.79 Å². The molecule has 0 aliphatic rings. The molecule has 1 aromatic carbocycles. The minimum absolute atomic E-state index is 0.0339. The number of methoxy groups -OCH3 is 1. The second kappa shape index (κ2) is 7.97. The number of esters is 1. The van der Waals surface area contributed by atoms with E-state index in [9.17, 15) is 9.59 Å². The maximum atomic E-state index is 12.0. The largest absolute Gasteiger partial charge is 0.467 e. The van der Waals surface area contributed by atoms with Crippen molar-refractivity contribution >= 4 is 12.1 Å². The molecule has 0 heterocycles. The maximum absolute atomic E-state index is 12.0. The molecule has 0 spiro atoms. The van der Waals surface area contributed by atoms with Crippen LogP contribution >= 0.6 is 0 Å². The van der Waals surface area contributed by atoms with E-state index in [4.69, 9.17) is 14.2 Å². The molecule has 0 aromatic heterocycles. The lowest BCUT2D eigenvalue weighted by atomic mass is 10.0. The van der Waals surface area contributed by atoms with Crippen molar-refractivity contribution in [2.75, 3.05) is 13.7 Å². The zero-order valence-corrected chi connectivity index (χ0v) is 14.3. The molecule has 23 heavy (non-hydrogen) atoms. The number of benzene rings is 1. The lowest BCUT2D eigenvalue weighted by Crippen LogP contribution is -2.56. The van der Waals surface area contributed by atoms with E-state index in [1.54, 1.807) is 20.8 Å². The molecule has 6 heteroatoms. The summed E-state index contributed by atoms with van der Waals surface area (Å²) in [5.41, 5.74) is -1.02. The highest BCUT2D eigenvalue weighted by Gasteiger charge is 2.38. The van der Waals surface area contributed by atoms with Crippen LogP contribution in [0.1, 0.15) is 33.3 Å². The molecule has 0 unspecified atom stereocenters. The maximum Gasteiger partial charge on any atom is 0.408 e. The van der Waals surface area contributed by atoms with Gasteiger partial charge >= 0.3 is 12.1 Å². The van der Waals surface area contributed by atoms with E-state index >= 15 is 0 Å². The summed E-state index contributed by atoms with van der Waals surface area (Å²) in [6.45, 7) is 7.06. The number of carbonyl (C=O) groups is 2. The van der Waals surface area contributed by atoms with Gasteiger partial charge in [0.15, 0.2) is 5.54 Å². The predicted octanol–water partition coefficient (Wildman–Crippen LogP) is 2.66. The smallest absolute Gasteiger partial charge is 0.408 e. The molecular formula is C17H25NO5. The van der Waals surface area contributed by atoms with Crippen LogP contribution in [0.2, 0.25) is 0 Å².